The standard InChI is InChI=1S/C25H30ClFN4O3/c1-16-12-29(19(10-26)13-30(16)24(33)34)14-22(32)31-15-25(2,3)23-21(31)9-17(11-28-23)8-18-6-4-5-7-20(18)27/h4-7,9,11,16,19H,8,10,12-15H2,1-3H3,(H,33,34). The van der Waals surface area contributed by atoms with Crippen LogP contribution in [0, 0.1) is 5.82 Å². The van der Waals surface area contributed by atoms with Gasteiger partial charge >= 0.3 is 6.09 Å². The van der Waals surface area contributed by atoms with Crippen LogP contribution < -0.4 is 4.90 Å². The molecule has 2 aliphatic rings. The average Bonchev–Trinajstić information content (AvgIpc) is 3.05. The van der Waals surface area contributed by atoms with E-state index in [1.54, 1.807) is 29.3 Å². The SMILES string of the molecule is CC1CN(CC(=O)N2CC(C)(C)c3ncc(Cc4ccccc4F)cc32)C(CCl)CN1C(=O)O. The summed E-state index contributed by atoms with van der Waals surface area (Å²) in [5, 5.41) is 9.44. The van der Waals surface area contributed by atoms with Gasteiger partial charge in [0.2, 0.25) is 5.91 Å². The first kappa shape index (κ1) is 24.4. The first-order chi connectivity index (χ1) is 16.1. The normalized spacial score (nSPS) is 22.0. The van der Waals surface area contributed by atoms with Crippen molar-refractivity contribution < 1.29 is 19.1 Å². The van der Waals surface area contributed by atoms with Crippen LogP contribution in [0.5, 0.6) is 0 Å². The number of carbonyl (C=O) groups is 2. The summed E-state index contributed by atoms with van der Waals surface area (Å²) in [6, 6.07) is 8.11. The third-order valence-corrected chi connectivity index (χ3v) is 7.14. The number of nitrogens with zero attached hydrogens (tertiary/aromatic N) is 4. The maximum Gasteiger partial charge on any atom is 0.407 e. The minimum absolute atomic E-state index is 0.0808. The molecule has 1 fully saturated rings. The first-order valence-electron chi connectivity index (χ1n) is 11.4. The minimum Gasteiger partial charge on any atom is -0.465 e. The number of fused-ring (bicyclic) bond motifs is 1. The Bertz CT molecular complexity index is 1100. The number of alkyl halides is 1. The van der Waals surface area contributed by atoms with E-state index in [-0.39, 0.29) is 48.2 Å². The fraction of sp³-hybridized carbons (Fsp3) is 0.480. The highest BCUT2D eigenvalue weighted by molar-refractivity contribution is 6.18. The van der Waals surface area contributed by atoms with Crippen LogP contribution in [0.1, 0.15) is 37.6 Å². The minimum atomic E-state index is -0.975. The van der Waals surface area contributed by atoms with E-state index >= 15 is 0 Å². The molecular formula is C25H30ClFN4O3. The van der Waals surface area contributed by atoms with E-state index in [4.69, 9.17) is 11.6 Å². The van der Waals surface area contributed by atoms with Crippen LogP contribution in [0.4, 0.5) is 14.9 Å². The molecule has 34 heavy (non-hydrogen) atoms. The molecule has 0 spiro atoms. The van der Waals surface area contributed by atoms with Gasteiger partial charge in [-0.3, -0.25) is 14.7 Å². The van der Waals surface area contributed by atoms with Gasteiger partial charge in [-0.2, -0.15) is 0 Å². The van der Waals surface area contributed by atoms with E-state index in [0.29, 0.717) is 25.1 Å². The van der Waals surface area contributed by atoms with E-state index in [9.17, 15) is 19.1 Å². The molecule has 0 bridgehead atoms. The van der Waals surface area contributed by atoms with Gasteiger partial charge in [0.25, 0.3) is 0 Å². The lowest BCUT2D eigenvalue weighted by atomic mass is 9.91. The lowest BCUT2D eigenvalue weighted by Crippen LogP contribution is -2.61. The number of hydrogen-bond acceptors (Lipinski definition) is 4. The number of carboxylic acid groups (broad SMARTS) is 1. The second-order valence-electron chi connectivity index (χ2n) is 9.86. The predicted octanol–water partition coefficient (Wildman–Crippen LogP) is 3.73. The zero-order valence-electron chi connectivity index (χ0n) is 19.7. The van der Waals surface area contributed by atoms with Gasteiger partial charge < -0.3 is 14.9 Å². The Morgan fingerprint density at radius 1 is 1.26 bits per heavy atom. The number of anilines is 1. The van der Waals surface area contributed by atoms with Gasteiger partial charge in [0, 0.05) is 55.6 Å². The van der Waals surface area contributed by atoms with Crippen molar-refractivity contribution in [3.05, 3.63) is 59.2 Å². The first-order valence-corrected chi connectivity index (χ1v) is 12.0. The number of halogens is 2. The molecular weight excluding hydrogens is 459 g/mol. The number of aromatic nitrogens is 1. The third-order valence-electron chi connectivity index (χ3n) is 6.78. The van der Waals surface area contributed by atoms with Gasteiger partial charge in [-0.05, 0) is 30.2 Å². The molecule has 2 atom stereocenters. The summed E-state index contributed by atoms with van der Waals surface area (Å²) in [4.78, 5) is 34.8. The van der Waals surface area contributed by atoms with Gasteiger partial charge in [0.05, 0.1) is 17.9 Å². The van der Waals surface area contributed by atoms with E-state index < -0.39 is 6.09 Å². The number of amides is 2. The topological polar surface area (TPSA) is 77.0 Å². The zero-order valence-corrected chi connectivity index (χ0v) is 20.4. The van der Waals surface area contributed by atoms with E-state index in [2.05, 4.69) is 18.8 Å². The fourth-order valence-electron chi connectivity index (χ4n) is 4.93. The molecule has 1 saturated heterocycles. The van der Waals surface area contributed by atoms with Crippen LogP contribution in [-0.2, 0) is 16.6 Å². The molecule has 2 amide bonds. The molecule has 2 unspecified atom stereocenters. The average molecular weight is 489 g/mol. The molecule has 182 valence electrons. The maximum atomic E-state index is 14.2. The van der Waals surface area contributed by atoms with E-state index in [1.165, 1.54) is 11.0 Å². The lowest BCUT2D eigenvalue weighted by Gasteiger charge is -2.43. The highest BCUT2D eigenvalue weighted by atomic mass is 35.5. The number of piperazine rings is 1. The second kappa shape index (κ2) is 9.50. The van der Waals surface area contributed by atoms with Crippen LogP contribution in [0.25, 0.3) is 0 Å². The monoisotopic (exact) mass is 488 g/mol. The Kier molecular flexibility index (Phi) is 6.82. The molecule has 0 radical (unpaired) electrons. The molecule has 1 N–H and O–H groups in total. The van der Waals surface area contributed by atoms with E-state index in [1.807, 2.05) is 17.9 Å². The molecule has 0 aliphatic carbocycles. The summed E-state index contributed by atoms with van der Waals surface area (Å²) < 4.78 is 14.2. The van der Waals surface area contributed by atoms with Crippen molar-refractivity contribution in [3.8, 4) is 0 Å². The predicted molar refractivity (Wildman–Crippen MR) is 129 cm³/mol. The second-order valence-corrected chi connectivity index (χ2v) is 10.2. The molecule has 4 rings (SSSR count). The van der Waals surface area contributed by atoms with Crippen LogP contribution in [0.3, 0.4) is 0 Å². The molecule has 0 saturated carbocycles. The van der Waals surface area contributed by atoms with Crippen LogP contribution in [0.15, 0.2) is 36.5 Å². The molecule has 2 aliphatic heterocycles. The molecule has 1 aromatic carbocycles. The quantitative estimate of drug-likeness (QED) is 0.649. The van der Waals surface area contributed by atoms with Crippen LogP contribution in [0.2, 0.25) is 0 Å². The van der Waals surface area contributed by atoms with Gasteiger partial charge in [0.1, 0.15) is 5.82 Å². The van der Waals surface area contributed by atoms with Crippen molar-refractivity contribution in [2.45, 2.75) is 44.7 Å². The lowest BCUT2D eigenvalue weighted by molar-refractivity contribution is -0.121. The Balaban J connectivity index is 1.55. The van der Waals surface area contributed by atoms with Gasteiger partial charge in [-0.1, -0.05) is 32.0 Å². The Morgan fingerprint density at radius 2 is 2.00 bits per heavy atom. The maximum absolute atomic E-state index is 14.2. The number of rotatable bonds is 5. The summed E-state index contributed by atoms with van der Waals surface area (Å²) in [7, 11) is 0. The van der Waals surface area contributed by atoms with Crippen molar-refractivity contribution >= 4 is 29.3 Å². The molecule has 2 aromatic rings. The van der Waals surface area contributed by atoms with Crippen molar-refractivity contribution in [2.75, 3.05) is 37.0 Å². The van der Waals surface area contributed by atoms with Crippen LogP contribution in [-0.4, -0.2) is 76.0 Å². The van der Waals surface area contributed by atoms with Gasteiger partial charge in [-0.25, -0.2) is 9.18 Å². The fourth-order valence-corrected chi connectivity index (χ4v) is 5.23. The summed E-state index contributed by atoms with van der Waals surface area (Å²) in [5.74, 6) is -0.110. The summed E-state index contributed by atoms with van der Waals surface area (Å²) >= 11 is 6.15. The molecule has 1 aromatic heterocycles. The molecule has 7 nitrogen and oxygen atoms in total. The largest absolute Gasteiger partial charge is 0.465 e. The van der Waals surface area contributed by atoms with Gasteiger partial charge in [-0.15, -0.1) is 11.6 Å². The molecule has 9 heteroatoms. The summed E-state index contributed by atoms with van der Waals surface area (Å²) in [6.07, 6.45) is 1.17. The summed E-state index contributed by atoms with van der Waals surface area (Å²) in [5.41, 5.74) is 2.69. The zero-order chi connectivity index (χ0) is 24.6. The third kappa shape index (κ3) is 4.74. The number of hydrogen-bond donors (Lipinski definition) is 1. The van der Waals surface area contributed by atoms with Crippen molar-refractivity contribution in [3.63, 3.8) is 0 Å². The highest BCUT2D eigenvalue weighted by Gasteiger charge is 2.41. The Hall–Kier alpha value is -2.71. The number of carbonyl (C=O) groups excluding carboxylic acids is 1. The Morgan fingerprint density at radius 3 is 2.68 bits per heavy atom. The van der Waals surface area contributed by atoms with Crippen molar-refractivity contribution in [1.29, 1.82) is 0 Å². The highest BCUT2D eigenvalue weighted by Crippen LogP contribution is 2.40. The number of benzene rings is 1. The Labute approximate surface area is 204 Å². The smallest absolute Gasteiger partial charge is 0.407 e. The van der Waals surface area contributed by atoms with E-state index in [0.717, 1.165) is 16.9 Å². The van der Waals surface area contributed by atoms with Gasteiger partial charge in [0.15, 0.2) is 0 Å². The van der Waals surface area contributed by atoms with Crippen LogP contribution >= 0.6 is 11.6 Å². The van der Waals surface area contributed by atoms with Crippen molar-refractivity contribution in [1.82, 2.24) is 14.8 Å². The molecule has 3 heterocycles. The van der Waals surface area contributed by atoms with Crippen molar-refractivity contribution in [2.24, 2.45) is 0 Å². The summed E-state index contributed by atoms with van der Waals surface area (Å²) in [6.45, 7) is 7.28. The number of pyridine rings is 1.